The summed E-state index contributed by atoms with van der Waals surface area (Å²) < 4.78 is 26.5. The molecule has 0 bridgehead atoms. The number of halogens is 6. The van der Waals surface area contributed by atoms with Crippen LogP contribution in [0, 0.1) is 11.6 Å². The van der Waals surface area contributed by atoms with E-state index in [1.165, 1.54) is 36.5 Å². The fraction of sp³-hybridized carbons (Fsp3) is 0.0357. The van der Waals surface area contributed by atoms with E-state index in [1.807, 2.05) is 0 Å². The third kappa shape index (κ3) is 7.25. The van der Waals surface area contributed by atoms with Crippen molar-refractivity contribution in [3.8, 4) is 0 Å². The summed E-state index contributed by atoms with van der Waals surface area (Å²) in [7, 11) is 0. The van der Waals surface area contributed by atoms with Crippen molar-refractivity contribution in [1.29, 1.82) is 0 Å². The maximum absolute atomic E-state index is 13.9. The number of fused-ring (bicyclic) bond motifs is 2. The van der Waals surface area contributed by atoms with Crippen LogP contribution in [0.15, 0.2) is 60.9 Å². The van der Waals surface area contributed by atoms with E-state index in [0.29, 0.717) is 34.7 Å². The Balaban J connectivity index is 0.000000156. The average Bonchev–Trinajstić information content (AvgIpc) is 3.46. The van der Waals surface area contributed by atoms with E-state index in [9.17, 15) is 23.2 Å². The Bertz CT molecular complexity index is 1720. The number of pyridine rings is 2. The Morgan fingerprint density at radius 3 is 2.00 bits per heavy atom. The van der Waals surface area contributed by atoms with E-state index in [0.717, 1.165) is 11.3 Å². The normalized spacial score (nSPS) is 13.7. The average molecular weight is 636 g/mol. The van der Waals surface area contributed by atoms with Crippen LogP contribution in [0.25, 0.3) is 11.6 Å². The summed E-state index contributed by atoms with van der Waals surface area (Å²) in [6, 6.07) is 12.1. The number of hydrogen-bond acceptors (Lipinski definition) is 5. The maximum atomic E-state index is 13.9. The first-order chi connectivity index (χ1) is 19.6. The molecular formula is C28H16Cl4F2N4O3. The molecule has 2 N–H and O–H groups in total. The molecule has 41 heavy (non-hydrogen) atoms. The number of nitrogens with zero attached hydrogens (tertiary/aromatic N) is 2. The molecule has 0 saturated carbocycles. The van der Waals surface area contributed by atoms with Gasteiger partial charge in [0, 0.05) is 34.8 Å². The number of amides is 2. The minimum atomic E-state index is -0.654. The predicted molar refractivity (Wildman–Crippen MR) is 156 cm³/mol. The van der Waals surface area contributed by atoms with Crippen molar-refractivity contribution in [2.24, 2.45) is 0 Å². The molecule has 2 aromatic heterocycles. The van der Waals surface area contributed by atoms with E-state index < -0.39 is 11.6 Å². The highest BCUT2D eigenvalue weighted by Gasteiger charge is 2.25. The van der Waals surface area contributed by atoms with Crippen molar-refractivity contribution in [3.05, 3.63) is 115 Å². The Labute approximate surface area is 252 Å². The Kier molecular flexibility index (Phi) is 9.67. The van der Waals surface area contributed by atoms with Crippen LogP contribution >= 0.6 is 46.4 Å². The summed E-state index contributed by atoms with van der Waals surface area (Å²) in [5.74, 6) is -1.54. The Morgan fingerprint density at radius 1 is 0.780 bits per heavy atom. The molecule has 0 saturated heterocycles. The van der Waals surface area contributed by atoms with Crippen molar-refractivity contribution < 1.29 is 23.2 Å². The number of nitrogens with one attached hydrogen (secondary N) is 2. The van der Waals surface area contributed by atoms with Gasteiger partial charge in [-0.2, -0.15) is 0 Å². The third-order valence-corrected chi connectivity index (χ3v) is 6.62. The first kappa shape index (κ1) is 30.1. The number of anilines is 2. The lowest BCUT2D eigenvalue weighted by atomic mass is 10.1. The molecule has 2 aliphatic heterocycles. The van der Waals surface area contributed by atoms with Crippen molar-refractivity contribution in [1.82, 2.24) is 9.97 Å². The van der Waals surface area contributed by atoms with E-state index in [-0.39, 0.29) is 38.1 Å². The van der Waals surface area contributed by atoms with E-state index in [2.05, 4.69) is 20.6 Å². The van der Waals surface area contributed by atoms with Gasteiger partial charge in [-0.1, -0.05) is 64.6 Å². The lowest BCUT2D eigenvalue weighted by Gasteiger charge is -2.01. The fourth-order valence-electron chi connectivity index (χ4n) is 3.68. The van der Waals surface area contributed by atoms with Gasteiger partial charge in [-0.05, 0) is 36.4 Å². The molecule has 0 radical (unpaired) electrons. The highest BCUT2D eigenvalue weighted by molar-refractivity contribution is 6.36. The number of carbonyl (C=O) groups is 3. The summed E-state index contributed by atoms with van der Waals surface area (Å²) >= 11 is 22.5. The number of benzene rings is 2. The van der Waals surface area contributed by atoms with Crippen molar-refractivity contribution in [2.45, 2.75) is 6.42 Å². The molecule has 2 amide bonds. The van der Waals surface area contributed by atoms with Crippen LogP contribution in [0.1, 0.15) is 27.0 Å². The quantitative estimate of drug-likeness (QED) is 0.135. The van der Waals surface area contributed by atoms with Gasteiger partial charge in [-0.15, -0.1) is 0 Å². The van der Waals surface area contributed by atoms with Crippen LogP contribution in [-0.2, 0) is 16.0 Å². The molecule has 208 valence electrons. The van der Waals surface area contributed by atoms with Gasteiger partial charge in [-0.25, -0.2) is 18.7 Å². The summed E-state index contributed by atoms with van der Waals surface area (Å²) in [4.78, 5) is 40.6. The van der Waals surface area contributed by atoms with Gasteiger partial charge in [-0.3, -0.25) is 14.4 Å². The van der Waals surface area contributed by atoms with Crippen LogP contribution in [0.3, 0.4) is 0 Å². The van der Waals surface area contributed by atoms with E-state index in [1.54, 1.807) is 30.5 Å². The van der Waals surface area contributed by atoms with Gasteiger partial charge < -0.3 is 10.6 Å². The highest BCUT2D eigenvalue weighted by Crippen LogP contribution is 2.34. The van der Waals surface area contributed by atoms with Crippen LogP contribution in [0.5, 0.6) is 0 Å². The van der Waals surface area contributed by atoms with Crippen LogP contribution < -0.4 is 10.6 Å². The summed E-state index contributed by atoms with van der Waals surface area (Å²) in [5.41, 5.74) is 3.40. The van der Waals surface area contributed by atoms with Crippen LogP contribution in [0.2, 0.25) is 20.4 Å². The Morgan fingerprint density at radius 2 is 1.37 bits per heavy atom. The van der Waals surface area contributed by atoms with Crippen molar-refractivity contribution in [2.75, 3.05) is 10.6 Å². The minimum Gasteiger partial charge on any atom is -0.325 e. The van der Waals surface area contributed by atoms with Gasteiger partial charge in [0.2, 0.25) is 5.91 Å². The fourth-order valence-corrected chi connectivity index (χ4v) is 4.36. The molecule has 0 aliphatic carbocycles. The zero-order chi connectivity index (χ0) is 29.7. The second kappa shape index (κ2) is 13.2. The van der Waals surface area contributed by atoms with Gasteiger partial charge in [0.1, 0.15) is 16.1 Å². The largest absolute Gasteiger partial charge is 0.325 e. The summed E-state index contributed by atoms with van der Waals surface area (Å²) in [6.07, 6.45) is 5.39. The minimum absolute atomic E-state index is 0.00377. The zero-order valence-corrected chi connectivity index (χ0v) is 23.5. The second-order valence-electron chi connectivity index (χ2n) is 8.36. The predicted octanol–water partition coefficient (Wildman–Crippen LogP) is 7.54. The molecule has 4 heterocycles. The van der Waals surface area contributed by atoms with E-state index >= 15 is 0 Å². The first-order valence-electron chi connectivity index (χ1n) is 11.5. The zero-order valence-electron chi connectivity index (χ0n) is 20.5. The molecule has 0 fully saturated rings. The molecule has 2 aromatic carbocycles. The monoisotopic (exact) mass is 634 g/mol. The number of carbonyl (C=O) groups excluding carboxylic acids is 3. The van der Waals surface area contributed by atoms with Crippen LogP contribution in [0.4, 0.5) is 20.2 Å². The summed E-state index contributed by atoms with van der Waals surface area (Å²) in [6.45, 7) is 0. The summed E-state index contributed by atoms with van der Waals surface area (Å²) in [5, 5.41) is 6.00. The highest BCUT2D eigenvalue weighted by atomic mass is 35.5. The maximum Gasteiger partial charge on any atom is 0.256 e. The van der Waals surface area contributed by atoms with E-state index in [4.69, 9.17) is 46.4 Å². The number of rotatable bonds is 2. The van der Waals surface area contributed by atoms with Gasteiger partial charge in [0.05, 0.1) is 33.3 Å². The van der Waals surface area contributed by atoms with Crippen LogP contribution in [-0.4, -0.2) is 28.1 Å². The molecule has 0 unspecified atom stereocenters. The molecular weight excluding hydrogens is 620 g/mol. The van der Waals surface area contributed by atoms with Crippen molar-refractivity contribution in [3.63, 3.8) is 0 Å². The number of aromatic nitrogens is 2. The molecule has 13 heteroatoms. The lowest BCUT2D eigenvalue weighted by Crippen LogP contribution is -2.03. The van der Waals surface area contributed by atoms with Gasteiger partial charge in [0.15, 0.2) is 12.1 Å². The topological polar surface area (TPSA) is 101 Å². The smallest absolute Gasteiger partial charge is 0.256 e. The Hall–Kier alpha value is -3.89. The molecule has 0 atom stereocenters. The molecule has 2 aliphatic rings. The molecule has 0 spiro atoms. The third-order valence-electron chi connectivity index (χ3n) is 5.62. The first-order valence-corrected chi connectivity index (χ1v) is 13.0. The molecule has 4 aromatic rings. The molecule has 6 rings (SSSR count). The lowest BCUT2D eigenvalue weighted by molar-refractivity contribution is -0.115. The second-order valence-corrected chi connectivity index (χ2v) is 9.95. The van der Waals surface area contributed by atoms with Gasteiger partial charge in [0.25, 0.3) is 5.91 Å². The standard InChI is InChI=1S/C14H7Cl2FN2O.C7H4ClFO.C7H5ClN2O/c15-10-3-1-2-7(13(10)17)4-8-9-6-18-12(16)5-11(9)19-14(8)20;8-6-3-1-2-5(4-10)7(6)9;8-6-2-5-4(3-9-6)1-7(11)10-5/h1-6H,(H,19,20);1-4H;2-3H,1H2,(H,10,11). The van der Waals surface area contributed by atoms with Crippen molar-refractivity contribution >= 4 is 87.5 Å². The SMILES string of the molecule is O=C1Cc2cnc(Cl)cc2N1.O=C1Nc2cc(Cl)ncc2C1=Cc1cccc(Cl)c1F.O=Cc1cccc(Cl)c1F. The molecule has 7 nitrogen and oxygen atoms in total. The van der Waals surface area contributed by atoms with Gasteiger partial charge >= 0.3 is 0 Å². The number of hydrogen-bond donors (Lipinski definition) is 2. The number of aldehydes is 1.